The number of ether oxygens (including phenoxy) is 6. The maximum atomic E-state index is 13.3. The van der Waals surface area contributed by atoms with Crippen LogP contribution in [0.2, 0.25) is 0 Å². The fraction of sp³-hybridized carbons (Fsp3) is 0.250. The number of para-hydroxylation sites is 1. The molecular formula is C28H25NO7. The van der Waals surface area contributed by atoms with Crippen molar-refractivity contribution >= 4 is 11.9 Å². The number of hydrogen-bond acceptors (Lipinski definition) is 8. The minimum Gasteiger partial charge on any atom is -0.493 e. The number of benzene rings is 3. The predicted octanol–water partition coefficient (Wildman–Crippen LogP) is 4.71. The number of allylic oxidation sites excluding steroid dienone is 1. The lowest BCUT2D eigenvalue weighted by Gasteiger charge is -2.30. The van der Waals surface area contributed by atoms with Gasteiger partial charge in [0.1, 0.15) is 18.2 Å². The number of nitrogens with zero attached hydrogens (tertiary/aromatic N) is 1. The van der Waals surface area contributed by atoms with Crippen LogP contribution in [-0.2, 0) is 13.1 Å². The van der Waals surface area contributed by atoms with Gasteiger partial charge in [-0.05, 0) is 42.8 Å². The summed E-state index contributed by atoms with van der Waals surface area (Å²) in [6, 6.07) is 13.3. The molecule has 3 aromatic rings. The number of hydrogen-bond donors (Lipinski definition) is 0. The van der Waals surface area contributed by atoms with Gasteiger partial charge in [-0.2, -0.15) is 0 Å². The molecule has 3 aliphatic rings. The summed E-state index contributed by atoms with van der Waals surface area (Å²) in [5, 5.41) is 0. The average molecular weight is 488 g/mol. The molecule has 0 aromatic heterocycles. The monoisotopic (exact) mass is 487 g/mol. The quantitative estimate of drug-likeness (QED) is 0.479. The number of carbonyl (C=O) groups is 1. The summed E-state index contributed by atoms with van der Waals surface area (Å²) < 4.78 is 34.0. The van der Waals surface area contributed by atoms with Crippen molar-refractivity contribution in [2.24, 2.45) is 0 Å². The Morgan fingerprint density at radius 2 is 1.86 bits per heavy atom. The van der Waals surface area contributed by atoms with Crippen LogP contribution in [0.3, 0.4) is 0 Å². The van der Waals surface area contributed by atoms with E-state index in [1.807, 2.05) is 43.3 Å². The fourth-order valence-corrected chi connectivity index (χ4v) is 4.86. The molecule has 3 heterocycles. The molecule has 0 saturated carbocycles. The molecule has 0 aliphatic carbocycles. The van der Waals surface area contributed by atoms with E-state index in [1.54, 1.807) is 26.4 Å². The standard InChI is InChI=1S/C28H25NO7/c1-16-26-19(13-29(14-33-26)12-17-7-8-21-23(9-17)35-15-34-21)10-20-25(30)24(36-27(16)20)11-18-5-4-6-22(31-2)28(18)32-3/h4-11H,12-15H2,1-3H3/b24-11-. The van der Waals surface area contributed by atoms with Gasteiger partial charge in [-0.1, -0.05) is 18.2 Å². The Bertz CT molecular complexity index is 1410. The van der Waals surface area contributed by atoms with Gasteiger partial charge in [0.15, 0.2) is 28.8 Å². The Morgan fingerprint density at radius 1 is 1.00 bits per heavy atom. The van der Waals surface area contributed by atoms with Crippen LogP contribution in [0.25, 0.3) is 6.08 Å². The second kappa shape index (κ2) is 8.80. The summed E-state index contributed by atoms with van der Waals surface area (Å²) in [6.07, 6.45) is 1.69. The normalized spacial score (nSPS) is 16.9. The minimum atomic E-state index is -0.173. The van der Waals surface area contributed by atoms with Gasteiger partial charge in [0.2, 0.25) is 12.6 Å². The highest BCUT2D eigenvalue weighted by Gasteiger charge is 2.34. The number of methoxy groups -OCH3 is 2. The van der Waals surface area contributed by atoms with E-state index in [4.69, 9.17) is 28.4 Å². The van der Waals surface area contributed by atoms with E-state index in [-0.39, 0.29) is 18.3 Å². The third kappa shape index (κ3) is 3.70. The average Bonchev–Trinajstić information content (AvgIpc) is 3.48. The third-order valence-corrected chi connectivity index (χ3v) is 6.57. The van der Waals surface area contributed by atoms with Gasteiger partial charge in [-0.25, -0.2) is 0 Å². The first kappa shape index (κ1) is 22.3. The maximum Gasteiger partial charge on any atom is 0.231 e. The van der Waals surface area contributed by atoms with E-state index in [2.05, 4.69) is 4.90 Å². The van der Waals surface area contributed by atoms with Crippen LogP contribution < -0.4 is 28.4 Å². The molecule has 8 nitrogen and oxygen atoms in total. The number of fused-ring (bicyclic) bond motifs is 3. The van der Waals surface area contributed by atoms with Crippen LogP contribution in [0.15, 0.2) is 48.2 Å². The van der Waals surface area contributed by atoms with Gasteiger partial charge in [-0.15, -0.1) is 0 Å². The smallest absolute Gasteiger partial charge is 0.231 e. The van der Waals surface area contributed by atoms with Crippen LogP contribution in [0.4, 0.5) is 0 Å². The van der Waals surface area contributed by atoms with Crippen LogP contribution in [0.5, 0.6) is 34.5 Å². The lowest BCUT2D eigenvalue weighted by Crippen LogP contribution is -2.32. The first-order chi connectivity index (χ1) is 17.6. The molecule has 0 spiro atoms. The summed E-state index contributed by atoms with van der Waals surface area (Å²) in [7, 11) is 3.14. The van der Waals surface area contributed by atoms with Crippen LogP contribution in [0.1, 0.15) is 32.6 Å². The van der Waals surface area contributed by atoms with Crippen molar-refractivity contribution in [1.29, 1.82) is 0 Å². The zero-order valence-corrected chi connectivity index (χ0v) is 20.3. The van der Waals surface area contributed by atoms with Gasteiger partial charge in [0.05, 0.1) is 19.8 Å². The second-order valence-electron chi connectivity index (χ2n) is 8.84. The van der Waals surface area contributed by atoms with E-state index >= 15 is 0 Å². The van der Waals surface area contributed by atoms with Crippen molar-refractivity contribution in [2.75, 3.05) is 27.7 Å². The third-order valence-electron chi connectivity index (χ3n) is 6.57. The van der Waals surface area contributed by atoms with Crippen LogP contribution >= 0.6 is 0 Å². The maximum absolute atomic E-state index is 13.3. The Hall–Kier alpha value is -4.17. The lowest BCUT2D eigenvalue weighted by atomic mass is 9.99. The summed E-state index contributed by atoms with van der Waals surface area (Å²) in [6.45, 7) is 3.93. The van der Waals surface area contributed by atoms with Crippen molar-refractivity contribution in [3.8, 4) is 34.5 Å². The highest BCUT2D eigenvalue weighted by molar-refractivity contribution is 6.15. The molecule has 36 heavy (non-hydrogen) atoms. The zero-order chi connectivity index (χ0) is 24.8. The molecule has 184 valence electrons. The largest absolute Gasteiger partial charge is 0.493 e. The molecule has 3 aliphatic heterocycles. The second-order valence-corrected chi connectivity index (χ2v) is 8.84. The summed E-state index contributed by atoms with van der Waals surface area (Å²) >= 11 is 0. The first-order valence-electron chi connectivity index (χ1n) is 11.6. The lowest BCUT2D eigenvalue weighted by molar-refractivity contribution is 0.0876. The number of Topliss-reactive ketones (excluding diaryl/α,β-unsaturated/α-hetero) is 1. The van der Waals surface area contributed by atoms with Gasteiger partial charge in [-0.3, -0.25) is 9.69 Å². The molecular weight excluding hydrogens is 462 g/mol. The van der Waals surface area contributed by atoms with Crippen molar-refractivity contribution in [2.45, 2.75) is 20.0 Å². The Labute approximate surface area is 208 Å². The molecule has 0 amide bonds. The molecule has 0 atom stereocenters. The highest BCUT2D eigenvalue weighted by Crippen LogP contribution is 2.44. The SMILES string of the molecule is COc1cccc(/C=C2\Oc3c(cc4c(c3C)OCN(Cc3ccc5c(c3)OCO5)C4)C2=O)c1OC. The van der Waals surface area contributed by atoms with E-state index in [9.17, 15) is 4.79 Å². The van der Waals surface area contributed by atoms with E-state index in [0.29, 0.717) is 48.2 Å². The molecule has 8 heteroatoms. The Kier molecular flexibility index (Phi) is 5.45. The molecule has 0 saturated heterocycles. The molecule has 0 bridgehead atoms. The summed E-state index contributed by atoms with van der Waals surface area (Å²) in [5.41, 5.74) is 4.10. The van der Waals surface area contributed by atoms with Gasteiger partial charge in [0.25, 0.3) is 0 Å². The highest BCUT2D eigenvalue weighted by atomic mass is 16.7. The summed E-state index contributed by atoms with van der Waals surface area (Å²) in [5.74, 6) is 4.01. The molecule has 3 aromatic carbocycles. The fourth-order valence-electron chi connectivity index (χ4n) is 4.86. The van der Waals surface area contributed by atoms with Crippen LogP contribution in [0, 0.1) is 6.92 Å². The van der Waals surface area contributed by atoms with Crippen molar-refractivity contribution in [3.63, 3.8) is 0 Å². The van der Waals surface area contributed by atoms with Crippen molar-refractivity contribution < 1.29 is 33.2 Å². The first-order valence-corrected chi connectivity index (χ1v) is 11.6. The molecule has 0 radical (unpaired) electrons. The van der Waals surface area contributed by atoms with Gasteiger partial charge >= 0.3 is 0 Å². The zero-order valence-electron chi connectivity index (χ0n) is 20.3. The van der Waals surface area contributed by atoms with E-state index in [0.717, 1.165) is 33.9 Å². The van der Waals surface area contributed by atoms with Crippen molar-refractivity contribution in [3.05, 3.63) is 76.0 Å². The summed E-state index contributed by atoms with van der Waals surface area (Å²) in [4.78, 5) is 15.5. The minimum absolute atomic E-state index is 0.173. The molecule has 6 rings (SSSR count). The Balaban J connectivity index is 1.27. The van der Waals surface area contributed by atoms with E-state index < -0.39 is 0 Å². The molecule has 0 unspecified atom stereocenters. The number of rotatable bonds is 5. The topological polar surface area (TPSA) is 75.7 Å². The van der Waals surface area contributed by atoms with Crippen LogP contribution in [-0.4, -0.2) is 38.4 Å². The van der Waals surface area contributed by atoms with E-state index in [1.165, 1.54) is 0 Å². The van der Waals surface area contributed by atoms with Gasteiger partial charge in [0, 0.05) is 29.8 Å². The molecule has 0 N–H and O–H groups in total. The van der Waals surface area contributed by atoms with Gasteiger partial charge < -0.3 is 28.4 Å². The molecule has 0 fully saturated rings. The van der Waals surface area contributed by atoms with Crippen molar-refractivity contribution in [1.82, 2.24) is 4.90 Å². The predicted molar refractivity (Wildman–Crippen MR) is 131 cm³/mol. The number of ketones is 1. The number of carbonyl (C=O) groups excluding carboxylic acids is 1. The Morgan fingerprint density at radius 3 is 2.69 bits per heavy atom.